The lowest BCUT2D eigenvalue weighted by atomic mass is 9.93. The smallest absolute Gasteiger partial charge is 0.358 e. The van der Waals surface area contributed by atoms with Gasteiger partial charge in [-0.1, -0.05) is 5.21 Å². The number of carboxylic acid groups (broad SMARTS) is 1. The molecule has 0 aliphatic carbocycles. The number of piperidine rings is 1. The molecule has 7 nitrogen and oxygen atoms in total. The molecule has 2 aliphatic heterocycles. The molecule has 2 saturated heterocycles. The Labute approximate surface area is 123 Å². The molecule has 0 spiro atoms. The summed E-state index contributed by atoms with van der Waals surface area (Å²) in [6.07, 6.45) is 5.23. The second-order valence-electron chi connectivity index (χ2n) is 5.80. The molecule has 0 bridgehead atoms. The number of nitrogens with one attached hydrogen (secondary N) is 1. The largest absolute Gasteiger partial charge is 0.476 e. The Bertz CT molecular complexity index is 490. The van der Waals surface area contributed by atoms with Crippen LogP contribution in [0.25, 0.3) is 0 Å². The summed E-state index contributed by atoms with van der Waals surface area (Å²) in [5, 5.41) is 20.6. The van der Waals surface area contributed by atoms with Gasteiger partial charge in [-0.2, -0.15) is 0 Å². The molecule has 116 valence electrons. The van der Waals surface area contributed by atoms with Crippen LogP contribution < -0.4 is 5.32 Å². The van der Waals surface area contributed by atoms with Crippen molar-refractivity contribution < 1.29 is 14.6 Å². The molecular weight excluding hydrogens is 272 g/mol. The Kier molecular flexibility index (Phi) is 4.50. The van der Waals surface area contributed by atoms with Gasteiger partial charge in [0.15, 0.2) is 5.69 Å². The number of ether oxygens (including phenoxy) is 1. The summed E-state index contributed by atoms with van der Waals surface area (Å²) >= 11 is 0. The van der Waals surface area contributed by atoms with E-state index in [2.05, 4.69) is 15.6 Å². The van der Waals surface area contributed by atoms with Crippen molar-refractivity contribution in [3.05, 3.63) is 11.4 Å². The SMILES string of the molecule is O=C(O)c1nnn(CCC2CCCO2)c1C1CCNCC1. The lowest BCUT2D eigenvalue weighted by molar-refractivity contribution is 0.0688. The summed E-state index contributed by atoms with van der Waals surface area (Å²) in [6, 6.07) is 0. The second-order valence-corrected chi connectivity index (χ2v) is 5.80. The molecule has 2 fully saturated rings. The van der Waals surface area contributed by atoms with Gasteiger partial charge in [0.1, 0.15) is 0 Å². The normalized spacial score (nSPS) is 23.5. The van der Waals surface area contributed by atoms with Gasteiger partial charge in [0.2, 0.25) is 0 Å². The predicted octanol–water partition coefficient (Wildman–Crippen LogP) is 1.01. The average molecular weight is 294 g/mol. The Morgan fingerprint density at radius 2 is 2.19 bits per heavy atom. The van der Waals surface area contributed by atoms with Crippen molar-refractivity contribution in [2.24, 2.45) is 0 Å². The third-order valence-corrected chi connectivity index (χ3v) is 4.39. The molecule has 0 saturated carbocycles. The molecule has 3 heterocycles. The fourth-order valence-electron chi connectivity index (χ4n) is 3.28. The minimum absolute atomic E-state index is 0.120. The fourth-order valence-corrected chi connectivity index (χ4v) is 3.28. The fraction of sp³-hybridized carbons (Fsp3) is 0.786. The van der Waals surface area contributed by atoms with Crippen molar-refractivity contribution in [1.82, 2.24) is 20.3 Å². The van der Waals surface area contributed by atoms with Crippen LogP contribution in [-0.2, 0) is 11.3 Å². The van der Waals surface area contributed by atoms with E-state index in [0.717, 1.165) is 57.5 Å². The molecule has 1 atom stereocenters. The molecule has 2 N–H and O–H groups in total. The molecule has 2 aliphatic rings. The molecule has 7 heteroatoms. The van der Waals surface area contributed by atoms with Gasteiger partial charge in [-0.05, 0) is 45.2 Å². The van der Waals surface area contributed by atoms with Gasteiger partial charge in [-0.25, -0.2) is 9.48 Å². The van der Waals surface area contributed by atoms with Crippen LogP contribution in [0, 0.1) is 0 Å². The zero-order valence-electron chi connectivity index (χ0n) is 12.1. The Balaban J connectivity index is 1.76. The number of aromatic carboxylic acids is 1. The number of aromatic nitrogens is 3. The number of carbonyl (C=O) groups is 1. The lowest BCUT2D eigenvalue weighted by Crippen LogP contribution is -2.29. The van der Waals surface area contributed by atoms with Crippen LogP contribution in [0.2, 0.25) is 0 Å². The van der Waals surface area contributed by atoms with Crippen LogP contribution in [0.3, 0.4) is 0 Å². The number of nitrogens with zero attached hydrogens (tertiary/aromatic N) is 3. The first kappa shape index (κ1) is 14.5. The highest BCUT2D eigenvalue weighted by atomic mass is 16.5. The third-order valence-electron chi connectivity index (χ3n) is 4.39. The molecular formula is C14H22N4O3. The van der Waals surface area contributed by atoms with Crippen LogP contribution >= 0.6 is 0 Å². The molecule has 1 unspecified atom stereocenters. The van der Waals surface area contributed by atoms with E-state index in [-0.39, 0.29) is 17.7 Å². The highest BCUT2D eigenvalue weighted by Crippen LogP contribution is 2.28. The Morgan fingerprint density at radius 1 is 1.38 bits per heavy atom. The van der Waals surface area contributed by atoms with E-state index in [9.17, 15) is 9.90 Å². The lowest BCUT2D eigenvalue weighted by Gasteiger charge is -2.23. The minimum Gasteiger partial charge on any atom is -0.476 e. The maximum Gasteiger partial charge on any atom is 0.358 e. The van der Waals surface area contributed by atoms with Crippen molar-refractivity contribution in [2.75, 3.05) is 19.7 Å². The zero-order chi connectivity index (χ0) is 14.7. The Morgan fingerprint density at radius 3 is 2.86 bits per heavy atom. The summed E-state index contributed by atoms with van der Waals surface area (Å²) in [5.74, 6) is -0.747. The van der Waals surface area contributed by atoms with Gasteiger partial charge in [0.05, 0.1) is 11.8 Å². The van der Waals surface area contributed by atoms with E-state index in [0.29, 0.717) is 6.54 Å². The predicted molar refractivity (Wildman–Crippen MR) is 75.4 cm³/mol. The van der Waals surface area contributed by atoms with Crippen LogP contribution in [-0.4, -0.2) is 51.9 Å². The highest BCUT2D eigenvalue weighted by molar-refractivity contribution is 5.86. The summed E-state index contributed by atoms with van der Waals surface area (Å²) < 4.78 is 7.42. The number of hydrogen-bond acceptors (Lipinski definition) is 5. The second kappa shape index (κ2) is 6.53. The maximum absolute atomic E-state index is 11.4. The van der Waals surface area contributed by atoms with Crippen LogP contribution in [0.15, 0.2) is 0 Å². The molecule has 0 amide bonds. The number of rotatable bonds is 5. The van der Waals surface area contributed by atoms with Gasteiger partial charge in [-0.15, -0.1) is 5.10 Å². The monoisotopic (exact) mass is 294 g/mol. The van der Waals surface area contributed by atoms with Crippen LogP contribution in [0.4, 0.5) is 0 Å². The molecule has 1 aromatic rings. The Hall–Kier alpha value is -1.47. The van der Waals surface area contributed by atoms with E-state index < -0.39 is 5.97 Å². The van der Waals surface area contributed by atoms with Crippen molar-refractivity contribution in [3.8, 4) is 0 Å². The first-order valence-corrected chi connectivity index (χ1v) is 7.74. The minimum atomic E-state index is -0.980. The zero-order valence-corrected chi connectivity index (χ0v) is 12.1. The van der Waals surface area contributed by atoms with Gasteiger partial charge in [0.25, 0.3) is 0 Å². The first-order chi connectivity index (χ1) is 10.3. The topological polar surface area (TPSA) is 89.3 Å². The summed E-state index contributed by atoms with van der Waals surface area (Å²) in [4.78, 5) is 11.4. The van der Waals surface area contributed by atoms with E-state index in [1.54, 1.807) is 4.68 Å². The number of aryl methyl sites for hydroxylation is 1. The van der Waals surface area contributed by atoms with Crippen molar-refractivity contribution >= 4 is 5.97 Å². The van der Waals surface area contributed by atoms with E-state index in [4.69, 9.17) is 4.74 Å². The van der Waals surface area contributed by atoms with Crippen LogP contribution in [0.5, 0.6) is 0 Å². The van der Waals surface area contributed by atoms with Gasteiger partial charge >= 0.3 is 5.97 Å². The highest BCUT2D eigenvalue weighted by Gasteiger charge is 2.28. The van der Waals surface area contributed by atoms with Crippen molar-refractivity contribution in [2.45, 2.75) is 50.7 Å². The van der Waals surface area contributed by atoms with Gasteiger partial charge in [0, 0.05) is 19.1 Å². The van der Waals surface area contributed by atoms with Crippen molar-refractivity contribution in [3.63, 3.8) is 0 Å². The third kappa shape index (κ3) is 3.24. The molecule has 3 rings (SSSR count). The van der Waals surface area contributed by atoms with Gasteiger partial charge in [-0.3, -0.25) is 0 Å². The van der Waals surface area contributed by atoms with E-state index in [1.165, 1.54) is 0 Å². The van der Waals surface area contributed by atoms with Crippen LogP contribution in [0.1, 0.15) is 54.2 Å². The summed E-state index contributed by atoms with van der Waals surface area (Å²) in [5.41, 5.74) is 0.913. The summed E-state index contributed by atoms with van der Waals surface area (Å²) in [7, 11) is 0. The standard InChI is InChI=1S/C14H22N4O3/c19-14(20)12-13(10-3-6-15-7-4-10)18(17-16-12)8-5-11-2-1-9-21-11/h10-11,15H,1-9H2,(H,19,20). The van der Waals surface area contributed by atoms with Crippen molar-refractivity contribution in [1.29, 1.82) is 0 Å². The number of carboxylic acids is 1. The van der Waals surface area contributed by atoms with E-state index in [1.807, 2.05) is 0 Å². The maximum atomic E-state index is 11.4. The average Bonchev–Trinajstić information content (AvgIpc) is 3.15. The van der Waals surface area contributed by atoms with Gasteiger partial charge < -0.3 is 15.2 Å². The quantitative estimate of drug-likeness (QED) is 0.842. The van der Waals surface area contributed by atoms with E-state index >= 15 is 0 Å². The number of hydrogen-bond donors (Lipinski definition) is 2. The molecule has 0 radical (unpaired) electrons. The first-order valence-electron chi connectivity index (χ1n) is 7.74. The molecule has 21 heavy (non-hydrogen) atoms. The summed E-state index contributed by atoms with van der Waals surface area (Å²) in [6.45, 7) is 3.36. The molecule has 1 aromatic heterocycles. The molecule has 0 aromatic carbocycles.